The van der Waals surface area contributed by atoms with Crippen LogP contribution in [0.2, 0.25) is 5.02 Å². The number of amides is 1. The summed E-state index contributed by atoms with van der Waals surface area (Å²) in [5.41, 5.74) is 1.06. The molecule has 0 bridgehead atoms. The molecule has 1 amide bonds. The molecular weight excluding hydrogens is 458 g/mol. The molecular formula is C26H22ClNO6. The summed E-state index contributed by atoms with van der Waals surface area (Å²) in [6.45, 7) is 2.15. The number of aliphatic hydroxyl groups excluding tert-OH is 1. The summed E-state index contributed by atoms with van der Waals surface area (Å²) in [6, 6.07) is 16.5. The molecule has 0 spiro atoms. The van der Waals surface area contributed by atoms with Crippen molar-refractivity contribution in [3.8, 4) is 17.2 Å². The standard InChI is InChI=1S/C26H22ClNO6/c1-3-34-21-14-16(10-13-18(21)27)24(30)22-23(15-8-11-17(29)12-9-15)28(26(32)25(22)31)19-6-4-5-7-20(19)33-2/h4-14,23,29-30H,3H2,1-2H3/b24-22-. The molecule has 4 rings (SSSR count). The van der Waals surface area contributed by atoms with E-state index in [0.717, 1.165) is 0 Å². The van der Waals surface area contributed by atoms with Gasteiger partial charge in [0.2, 0.25) is 0 Å². The number of phenols is 1. The number of aromatic hydroxyl groups is 1. The number of carbonyl (C=O) groups is 2. The first-order valence-electron chi connectivity index (χ1n) is 10.5. The molecule has 0 saturated carbocycles. The van der Waals surface area contributed by atoms with Crippen LogP contribution in [0.1, 0.15) is 24.1 Å². The smallest absolute Gasteiger partial charge is 0.300 e. The lowest BCUT2D eigenvalue weighted by atomic mass is 9.95. The van der Waals surface area contributed by atoms with E-state index >= 15 is 0 Å². The van der Waals surface area contributed by atoms with Crippen molar-refractivity contribution in [2.24, 2.45) is 0 Å². The normalized spacial score (nSPS) is 17.1. The molecule has 174 valence electrons. The monoisotopic (exact) mass is 479 g/mol. The molecule has 8 heteroatoms. The average molecular weight is 480 g/mol. The number of rotatable bonds is 6. The van der Waals surface area contributed by atoms with Crippen LogP contribution in [0.25, 0.3) is 5.76 Å². The van der Waals surface area contributed by atoms with Gasteiger partial charge in [-0.15, -0.1) is 0 Å². The molecule has 1 saturated heterocycles. The van der Waals surface area contributed by atoms with Crippen molar-refractivity contribution in [3.05, 3.63) is 88.5 Å². The van der Waals surface area contributed by atoms with E-state index in [0.29, 0.717) is 34.4 Å². The zero-order chi connectivity index (χ0) is 24.4. The van der Waals surface area contributed by atoms with Crippen LogP contribution in [0.4, 0.5) is 5.69 Å². The van der Waals surface area contributed by atoms with E-state index in [9.17, 15) is 19.8 Å². The molecule has 3 aromatic rings. The number of halogens is 1. The van der Waals surface area contributed by atoms with E-state index < -0.39 is 17.7 Å². The van der Waals surface area contributed by atoms with Gasteiger partial charge in [0.25, 0.3) is 11.7 Å². The molecule has 7 nitrogen and oxygen atoms in total. The topological polar surface area (TPSA) is 96.3 Å². The van der Waals surface area contributed by atoms with Gasteiger partial charge in [0.05, 0.1) is 36.0 Å². The van der Waals surface area contributed by atoms with Crippen LogP contribution in [0.5, 0.6) is 17.2 Å². The first kappa shape index (κ1) is 23.2. The molecule has 34 heavy (non-hydrogen) atoms. The number of ether oxygens (including phenoxy) is 2. The SMILES string of the molecule is CCOc1cc(/C(O)=C2/C(=O)C(=O)N(c3ccccc3OC)C2c2ccc(O)cc2)ccc1Cl. The second-order valence-electron chi connectivity index (χ2n) is 7.51. The number of anilines is 1. The van der Waals surface area contributed by atoms with Gasteiger partial charge in [-0.05, 0) is 55.0 Å². The summed E-state index contributed by atoms with van der Waals surface area (Å²) < 4.78 is 10.9. The Morgan fingerprint density at radius 1 is 1.03 bits per heavy atom. The fraction of sp³-hybridized carbons (Fsp3) is 0.154. The van der Waals surface area contributed by atoms with E-state index in [1.807, 2.05) is 0 Å². The molecule has 1 fully saturated rings. The Morgan fingerprint density at radius 2 is 1.74 bits per heavy atom. The average Bonchev–Trinajstić information content (AvgIpc) is 3.11. The van der Waals surface area contributed by atoms with Gasteiger partial charge in [-0.2, -0.15) is 0 Å². The Hall–Kier alpha value is -3.97. The van der Waals surface area contributed by atoms with E-state index in [1.54, 1.807) is 55.5 Å². The summed E-state index contributed by atoms with van der Waals surface area (Å²) >= 11 is 6.18. The number of phenolic OH excluding ortho intramolecular Hbond substituents is 1. The number of nitrogens with zero attached hydrogens (tertiary/aromatic N) is 1. The van der Waals surface area contributed by atoms with Crippen LogP contribution in [-0.4, -0.2) is 35.6 Å². The van der Waals surface area contributed by atoms with Gasteiger partial charge < -0.3 is 19.7 Å². The number of ketones is 1. The maximum atomic E-state index is 13.3. The van der Waals surface area contributed by atoms with Crippen LogP contribution in [0, 0.1) is 0 Å². The van der Waals surface area contributed by atoms with Crippen molar-refractivity contribution in [1.29, 1.82) is 0 Å². The van der Waals surface area contributed by atoms with Crippen molar-refractivity contribution in [2.45, 2.75) is 13.0 Å². The number of para-hydroxylation sites is 2. The summed E-state index contributed by atoms with van der Waals surface area (Å²) in [4.78, 5) is 27.8. The van der Waals surface area contributed by atoms with Gasteiger partial charge in [-0.1, -0.05) is 35.9 Å². The van der Waals surface area contributed by atoms with E-state index in [2.05, 4.69) is 0 Å². The van der Waals surface area contributed by atoms with E-state index in [-0.39, 0.29) is 22.6 Å². The van der Waals surface area contributed by atoms with Gasteiger partial charge in [0.15, 0.2) is 0 Å². The molecule has 0 aromatic heterocycles. The lowest BCUT2D eigenvalue weighted by molar-refractivity contribution is -0.132. The predicted molar refractivity (Wildman–Crippen MR) is 129 cm³/mol. The van der Waals surface area contributed by atoms with Crippen molar-refractivity contribution in [3.63, 3.8) is 0 Å². The molecule has 1 unspecified atom stereocenters. The molecule has 0 radical (unpaired) electrons. The number of aliphatic hydroxyl groups is 1. The molecule has 0 aliphatic carbocycles. The Bertz CT molecular complexity index is 1280. The van der Waals surface area contributed by atoms with Crippen LogP contribution in [0.15, 0.2) is 72.3 Å². The van der Waals surface area contributed by atoms with Crippen LogP contribution >= 0.6 is 11.6 Å². The van der Waals surface area contributed by atoms with Gasteiger partial charge in [-0.3, -0.25) is 14.5 Å². The molecule has 2 N–H and O–H groups in total. The highest BCUT2D eigenvalue weighted by atomic mass is 35.5. The largest absolute Gasteiger partial charge is 0.508 e. The number of Topliss-reactive ketones (excluding diaryl/α,β-unsaturated/α-hetero) is 1. The first-order valence-corrected chi connectivity index (χ1v) is 10.9. The number of hydrogen-bond donors (Lipinski definition) is 2. The first-order chi connectivity index (χ1) is 16.4. The summed E-state index contributed by atoms with van der Waals surface area (Å²) in [5, 5.41) is 21.4. The fourth-order valence-electron chi connectivity index (χ4n) is 3.95. The highest BCUT2D eigenvalue weighted by molar-refractivity contribution is 6.52. The zero-order valence-electron chi connectivity index (χ0n) is 18.5. The maximum absolute atomic E-state index is 13.3. The maximum Gasteiger partial charge on any atom is 0.300 e. The Morgan fingerprint density at radius 3 is 2.41 bits per heavy atom. The molecule has 1 atom stereocenters. The number of hydrogen-bond acceptors (Lipinski definition) is 6. The van der Waals surface area contributed by atoms with E-state index in [4.69, 9.17) is 21.1 Å². The quantitative estimate of drug-likeness (QED) is 0.291. The van der Waals surface area contributed by atoms with Gasteiger partial charge in [0.1, 0.15) is 23.0 Å². The minimum absolute atomic E-state index is 0.0250. The highest BCUT2D eigenvalue weighted by Crippen LogP contribution is 2.45. The third-order valence-corrected chi connectivity index (χ3v) is 5.81. The second-order valence-corrected chi connectivity index (χ2v) is 7.92. The Labute approximate surface area is 201 Å². The molecule has 1 heterocycles. The van der Waals surface area contributed by atoms with Crippen LogP contribution in [0.3, 0.4) is 0 Å². The highest BCUT2D eigenvalue weighted by Gasteiger charge is 2.47. The zero-order valence-corrected chi connectivity index (χ0v) is 19.2. The third kappa shape index (κ3) is 4.06. The lowest BCUT2D eigenvalue weighted by Gasteiger charge is -2.26. The minimum Gasteiger partial charge on any atom is -0.508 e. The van der Waals surface area contributed by atoms with Crippen molar-refractivity contribution >= 4 is 34.7 Å². The minimum atomic E-state index is -0.969. The molecule has 3 aromatic carbocycles. The molecule has 1 aliphatic rings. The van der Waals surface area contributed by atoms with Crippen molar-refractivity contribution < 1.29 is 29.3 Å². The summed E-state index contributed by atoms with van der Waals surface area (Å²) in [5.74, 6) is -1.28. The van der Waals surface area contributed by atoms with Crippen LogP contribution in [-0.2, 0) is 9.59 Å². The van der Waals surface area contributed by atoms with Gasteiger partial charge in [0, 0.05) is 5.56 Å². The van der Waals surface area contributed by atoms with Gasteiger partial charge in [-0.25, -0.2) is 0 Å². The fourth-order valence-corrected chi connectivity index (χ4v) is 4.13. The number of benzene rings is 3. The van der Waals surface area contributed by atoms with Crippen LogP contribution < -0.4 is 14.4 Å². The van der Waals surface area contributed by atoms with Crippen molar-refractivity contribution in [1.82, 2.24) is 0 Å². The number of methoxy groups -OCH3 is 1. The summed E-state index contributed by atoms with van der Waals surface area (Å²) in [6.07, 6.45) is 0. The Kier molecular flexibility index (Phi) is 6.47. The number of carbonyl (C=O) groups excluding carboxylic acids is 2. The van der Waals surface area contributed by atoms with Crippen molar-refractivity contribution in [2.75, 3.05) is 18.6 Å². The van der Waals surface area contributed by atoms with Gasteiger partial charge >= 0.3 is 0 Å². The second kappa shape index (κ2) is 9.49. The summed E-state index contributed by atoms with van der Waals surface area (Å²) in [7, 11) is 1.47. The van der Waals surface area contributed by atoms with E-state index in [1.165, 1.54) is 30.2 Å². The Balaban J connectivity index is 1.95. The third-order valence-electron chi connectivity index (χ3n) is 5.50. The lowest BCUT2D eigenvalue weighted by Crippen LogP contribution is -2.29. The predicted octanol–water partition coefficient (Wildman–Crippen LogP) is 5.08. The molecule has 1 aliphatic heterocycles.